The lowest BCUT2D eigenvalue weighted by atomic mass is 10.2. The highest BCUT2D eigenvalue weighted by Gasteiger charge is 2.28. The van der Waals surface area contributed by atoms with Gasteiger partial charge in [0.05, 0.1) is 0 Å². The Kier molecular flexibility index (Phi) is 2.37. The fourth-order valence-corrected chi connectivity index (χ4v) is 1.73. The Balaban J connectivity index is 2.27. The van der Waals surface area contributed by atoms with Crippen LogP contribution in [0.1, 0.15) is 13.3 Å². The second-order valence-corrected chi connectivity index (χ2v) is 3.84. The number of amides is 1. The number of rotatable bonds is 1. The van der Waals surface area contributed by atoms with Crippen molar-refractivity contribution in [2.24, 2.45) is 5.92 Å². The lowest BCUT2D eigenvalue weighted by Crippen LogP contribution is -2.25. The molecule has 1 aliphatic heterocycles. The molecule has 0 spiro atoms. The molecule has 0 N–H and O–H groups in total. The first-order valence-electron chi connectivity index (χ1n) is 4.45. The molecule has 2 rings (SSSR count). The molecule has 1 aromatic heterocycles. The molecule has 0 saturated carbocycles. The fraction of sp³-hybridized carbons (Fsp3) is 0.444. The Morgan fingerprint density at radius 3 is 3.00 bits per heavy atom. The highest BCUT2D eigenvalue weighted by atomic mass is 35.5. The highest BCUT2D eigenvalue weighted by molar-refractivity contribution is 6.28. The molecule has 2 heterocycles. The molecule has 1 amide bonds. The van der Waals surface area contributed by atoms with Gasteiger partial charge in [0, 0.05) is 19.2 Å². The van der Waals surface area contributed by atoms with Crippen LogP contribution in [0.4, 0.5) is 5.82 Å². The summed E-state index contributed by atoms with van der Waals surface area (Å²) in [5.41, 5.74) is 0. The van der Waals surface area contributed by atoms with Gasteiger partial charge < -0.3 is 0 Å². The quantitative estimate of drug-likeness (QED) is 0.662. The summed E-state index contributed by atoms with van der Waals surface area (Å²) >= 11 is 5.65. The van der Waals surface area contributed by atoms with E-state index in [0.29, 0.717) is 24.7 Å². The van der Waals surface area contributed by atoms with Crippen LogP contribution >= 0.6 is 11.6 Å². The number of hydrogen-bond acceptors (Lipinski definition) is 3. The SMILES string of the molecule is CC1CC(=O)N(c2ccnc(Cl)n2)C1. The third-order valence-electron chi connectivity index (χ3n) is 2.21. The average molecular weight is 212 g/mol. The minimum atomic E-state index is 0.104. The third kappa shape index (κ3) is 1.70. The van der Waals surface area contributed by atoms with E-state index in [1.807, 2.05) is 6.92 Å². The van der Waals surface area contributed by atoms with Crippen LogP contribution in [-0.4, -0.2) is 22.4 Å². The summed E-state index contributed by atoms with van der Waals surface area (Å²) in [5.74, 6) is 1.09. The third-order valence-corrected chi connectivity index (χ3v) is 2.39. The minimum Gasteiger partial charge on any atom is -0.296 e. The molecule has 1 aliphatic rings. The van der Waals surface area contributed by atoms with E-state index in [4.69, 9.17) is 11.6 Å². The van der Waals surface area contributed by atoms with Crippen LogP contribution in [0.25, 0.3) is 0 Å². The topological polar surface area (TPSA) is 46.1 Å². The van der Waals surface area contributed by atoms with Gasteiger partial charge in [-0.15, -0.1) is 0 Å². The van der Waals surface area contributed by atoms with Crippen LogP contribution in [0.15, 0.2) is 12.3 Å². The van der Waals surface area contributed by atoms with Crippen LogP contribution in [0, 0.1) is 5.92 Å². The van der Waals surface area contributed by atoms with Crippen molar-refractivity contribution < 1.29 is 4.79 Å². The number of carbonyl (C=O) groups is 1. The molecule has 0 aliphatic carbocycles. The monoisotopic (exact) mass is 211 g/mol. The average Bonchev–Trinajstić information content (AvgIpc) is 2.45. The standard InChI is InChI=1S/C9H10ClN3O/c1-6-4-8(14)13(5-6)7-2-3-11-9(10)12-7/h2-3,6H,4-5H2,1H3. The number of carbonyl (C=O) groups excluding carboxylic acids is 1. The van der Waals surface area contributed by atoms with Gasteiger partial charge in [-0.05, 0) is 23.6 Å². The Bertz CT molecular complexity index is 369. The molecule has 1 unspecified atom stereocenters. The Morgan fingerprint density at radius 2 is 2.43 bits per heavy atom. The molecule has 4 nitrogen and oxygen atoms in total. The predicted octanol–water partition coefficient (Wildman–Crippen LogP) is 1.50. The van der Waals surface area contributed by atoms with Crippen molar-refractivity contribution in [2.75, 3.05) is 11.4 Å². The van der Waals surface area contributed by atoms with Crippen molar-refractivity contribution >= 4 is 23.3 Å². The van der Waals surface area contributed by atoms with E-state index >= 15 is 0 Å². The van der Waals surface area contributed by atoms with Crippen LogP contribution < -0.4 is 4.90 Å². The summed E-state index contributed by atoms with van der Waals surface area (Å²) < 4.78 is 0. The maximum absolute atomic E-state index is 11.5. The summed E-state index contributed by atoms with van der Waals surface area (Å²) in [6.07, 6.45) is 2.14. The van der Waals surface area contributed by atoms with Gasteiger partial charge in [-0.3, -0.25) is 9.69 Å². The maximum Gasteiger partial charge on any atom is 0.228 e. The first-order chi connectivity index (χ1) is 6.66. The Labute approximate surface area is 86.9 Å². The summed E-state index contributed by atoms with van der Waals surface area (Å²) in [6, 6.07) is 1.70. The zero-order valence-corrected chi connectivity index (χ0v) is 8.53. The van der Waals surface area contributed by atoms with Crippen molar-refractivity contribution in [1.82, 2.24) is 9.97 Å². The minimum absolute atomic E-state index is 0.104. The zero-order valence-electron chi connectivity index (χ0n) is 7.77. The number of hydrogen-bond donors (Lipinski definition) is 0. The highest BCUT2D eigenvalue weighted by Crippen LogP contribution is 2.23. The molecule has 0 bridgehead atoms. The van der Waals surface area contributed by atoms with E-state index in [1.165, 1.54) is 0 Å². The van der Waals surface area contributed by atoms with E-state index in [9.17, 15) is 4.79 Å². The van der Waals surface area contributed by atoms with Crippen molar-refractivity contribution in [1.29, 1.82) is 0 Å². The number of anilines is 1. The van der Waals surface area contributed by atoms with Gasteiger partial charge in [0.25, 0.3) is 0 Å². The lowest BCUT2D eigenvalue weighted by Gasteiger charge is -2.14. The second-order valence-electron chi connectivity index (χ2n) is 3.50. The molecule has 1 saturated heterocycles. The van der Waals surface area contributed by atoms with E-state index in [0.717, 1.165) is 0 Å². The second kappa shape index (κ2) is 3.53. The summed E-state index contributed by atoms with van der Waals surface area (Å²) in [5, 5.41) is 0.176. The molecule has 0 radical (unpaired) electrons. The summed E-state index contributed by atoms with van der Waals surface area (Å²) in [6.45, 7) is 2.76. The molecule has 74 valence electrons. The Hall–Kier alpha value is -1.16. The summed E-state index contributed by atoms with van der Waals surface area (Å²) in [7, 11) is 0. The molecule has 1 fully saturated rings. The lowest BCUT2D eigenvalue weighted by molar-refractivity contribution is -0.117. The van der Waals surface area contributed by atoms with Gasteiger partial charge in [0.15, 0.2) is 0 Å². The van der Waals surface area contributed by atoms with E-state index in [1.54, 1.807) is 17.2 Å². The van der Waals surface area contributed by atoms with Crippen molar-refractivity contribution in [3.8, 4) is 0 Å². The first-order valence-corrected chi connectivity index (χ1v) is 4.83. The van der Waals surface area contributed by atoms with Crippen LogP contribution in [0.3, 0.4) is 0 Å². The normalized spacial score (nSPS) is 21.7. The summed E-state index contributed by atoms with van der Waals surface area (Å²) in [4.78, 5) is 20.9. The molecule has 1 aromatic rings. The fourth-order valence-electron chi connectivity index (χ4n) is 1.58. The van der Waals surface area contributed by atoms with Crippen LogP contribution in [0.2, 0.25) is 5.28 Å². The number of nitrogens with zero attached hydrogens (tertiary/aromatic N) is 3. The molecular formula is C9H10ClN3O. The van der Waals surface area contributed by atoms with Gasteiger partial charge in [-0.25, -0.2) is 9.97 Å². The van der Waals surface area contributed by atoms with Crippen LogP contribution in [-0.2, 0) is 4.79 Å². The molecular weight excluding hydrogens is 202 g/mol. The predicted molar refractivity (Wildman–Crippen MR) is 53.2 cm³/mol. The molecule has 1 atom stereocenters. The maximum atomic E-state index is 11.5. The number of aromatic nitrogens is 2. The van der Waals surface area contributed by atoms with Crippen LogP contribution in [0.5, 0.6) is 0 Å². The first kappa shape index (κ1) is 9.40. The van der Waals surface area contributed by atoms with Gasteiger partial charge in [-0.2, -0.15) is 0 Å². The van der Waals surface area contributed by atoms with Crippen molar-refractivity contribution in [3.05, 3.63) is 17.5 Å². The largest absolute Gasteiger partial charge is 0.296 e. The smallest absolute Gasteiger partial charge is 0.228 e. The van der Waals surface area contributed by atoms with Gasteiger partial charge >= 0.3 is 0 Å². The number of halogens is 1. The van der Waals surface area contributed by atoms with Crippen molar-refractivity contribution in [3.63, 3.8) is 0 Å². The van der Waals surface area contributed by atoms with E-state index in [2.05, 4.69) is 9.97 Å². The van der Waals surface area contributed by atoms with Crippen molar-refractivity contribution in [2.45, 2.75) is 13.3 Å². The van der Waals surface area contributed by atoms with Gasteiger partial charge in [0.2, 0.25) is 11.2 Å². The van der Waals surface area contributed by atoms with Gasteiger partial charge in [-0.1, -0.05) is 6.92 Å². The molecule has 14 heavy (non-hydrogen) atoms. The van der Waals surface area contributed by atoms with E-state index in [-0.39, 0.29) is 11.2 Å². The molecule has 5 heteroatoms. The van der Waals surface area contributed by atoms with Gasteiger partial charge in [0.1, 0.15) is 5.82 Å². The molecule has 0 aromatic carbocycles. The van der Waals surface area contributed by atoms with E-state index < -0.39 is 0 Å². The zero-order chi connectivity index (χ0) is 10.1. The Morgan fingerprint density at radius 1 is 1.64 bits per heavy atom.